The highest BCUT2D eigenvalue weighted by molar-refractivity contribution is 7.92. The molecule has 2 saturated heterocycles. The number of rotatable bonds is 10. The van der Waals surface area contributed by atoms with Crippen molar-refractivity contribution in [2.45, 2.75) is 56.3 Å². The lowest BCUT2D eigenvalue weighted by Crippen LogP contribution is -2.60. The zero-order valence-electron chi connectivity index (χ0n) is 33.0. The molecule has 0 radical (unpaired) electrons. The third-order valence-corrected chi connectivity index (χ3v) is 14.0. The number of halogens is 7. The largest absolute Gasteiger partial charge is 0.435 e. The van der Waals surface area contributed by atoms with Gasteiger partial charge in [0.15, 0.2) is 22.3 Å². The Bertz CT molecular complexity index is 2910. The lowest BCUT2D eigenvalue weighted by atomic mass is 9.73. The topological polar surface area (TPSA) is 152 Å². The smallest absolute Gasteiger partial charge is 0.347 e. The summed E-state index contributed by atoms with van der Waals surface area (Å²) in [5.41, 5.74) is -1.14. The predicted molar refractivity (Wildman–Crippen MR) is 215 cm³/mol. The fraction of sp³-hybridized carbons (Fsp3) is 0.425. The van der Waals surface area contributed by atoms with Crippen molar-refractivity contribution in [3.63, 3.8) is 0 Å². The van der Waals surface area contributed by atoms with Crippen LogP contribution < -0.4 is 20.3 Å². The van der Waals surface area contributed by atoms with Gasteiger partial charge in [0.05, 0.1) is 28.2 Å². The summed E-state index contributed by atoms with van der Waals surface area (Å²) in [6.07, 6.45) is -2.49. The third kappa shape index (κ3) is 7.02. The molecule has 6 aromatic rings. The number of hydrogen-bond acceptors (Lipinski definition) is 10. The molecule has 1 spiro atoms. The van der Waals surface area contributed by atoms with Gasteiger partial charge in [-0.05, 0) is 74.5 Å². The number of sulfonamides is 1. The molecule has 2 aliphatic heterocycles. The number of thiazole rings is 1. The van der Waals surface area contributed by atoms with E-state index in [1.54, 1.807) is 31.3 Å². The molecule has 0 bridgehead atoms. The minimum atomic E-state index is -5.06. The van der Waals surface area contributed by atoms with Gasteiger partial charge in [-0.2, -0.15) is 37.1 Å². The van der Waals surface area contributed by atoms with Crippen LogP contribution in [0, 0.1) is 23.0 Å². The highest BCUT2D eigenvalue weighted by atomic mass is 32.2. The van der Waals surface area contributed by atoms with E-state index in [0.29, 0.717) is 42.6 Å². The first kappa shape index (κ1) is 40.7. The van der Waals surface area contributed by atoms with Crippen molar-refractivity contribution in [3.8, 4) is 11.1 Å². The summed E-state index contributed by atoms with van der Waals surface area (Å²) in [5.74, 6) is -8.85. The molecule has 13 nitrogen and oxygen atoms in total. The number of para-hydroxylation sites is 1. The van der Waals surface area contributed by atoms with E-state index in [-0.39, 0.29) is 41.0 Å². The molecule has 1 saturated carbocycles. The van der Waals surface area contributed by atoms with Crippen molar-refractivity contribution in [2.24, 2.45) is 18.4 Å². The number of amides is 1. The Morgan fingerprint density at radius 2 is 1.76 bits per heavy atom. The maximum absolute atomic E-state index is 15.5. The number of benzene rings is 2. The van der Waals surface area contributed by atoms with Gasteiger partial charge in [-0.1, -0.05) is 23.5 Å². The molecule has 6 heterocycles. The van der Waals surface area contributed by atoms with Gasteiger partial charge in [0.25, 0.3) is 5.92 Å². The number of piperidine rings is 1. The Morgan fingerprint density at radius 3 is 2.45 bits per heavy atom. The van der Waals surface area contributed by atoms with E-state index in [0.717, 1.165) is 57.4 Å². The first-order valence-electron chi connectivity index (χ1n) is 19.8. The molecule has 0 unspecified atom stereocenters. The van der Waals surface area contributed by atoms with Crippen LogP contribution in [0.1, 0.15) is 59.4 Å². The lowest BCUT2D eigenvalue weighted by Gasteiger charge is -2.52. The van der Waals surface area contributed by atoms with Crippen molar-refractivity contribution in [1.29, 1.82) is 0 Å². The van der Waals surface area contributed by atoms with Gasteiger partial charge in [0.2, 0.25) is 15.9 Å². The quantitative estimate of drug-likeness (QED) is 0.129. The van der Waals surface area contributed by atoms with E-state index in [4.69, 9.17) is 9.97 Å². The summed E-state index contributed by atoms with van der Waals surface area (Å²) in [4.78, 5) is 26.1. The van der Waals surface area contributed by atoms with Gasteiger partial charge < -0.3 is 15.5 Å². The van der Waals surface area contributed by atoms with Crippen LogP contribution in [0.15, 0.2) is 42.5 Å². The van der Waals surface area contributed by atoms with Crippen molar-refractivity contribution in [2.75, 3.05) is 42.1 Å². The molecule has 22 heteroatoms. The first-order valence-corrected chi connectivity index (χ1v) is 22.5. The molecule has 2 aromatic carbocycles. The van der Waals surface area contributed by atoms with Crippen LogP contribution in [0.4, 0.5) is 41.7 Å². The molecule has 3 fully saturated rings. The number of anilines is 2. The van der Waals surface area contributed by atoms with Gasteiger partial charge in [0, 0.05) is 59.6 Å². The first-order chi connectivity index (χ1) is 29.3. The standard InChI is InChI=1S/C40H37F7N10O3S2/c1-55-32-22(4-3-5-23(32)35(53-55)54-62(2,59)60)24-15-28-36(51-37(61-28)56-17-38(18-56)6-8-48-9-7-38)50-31(24)27(12-19-10-20(41)13-21(42)11-19)49-29(58)16-57-34-30(33(52-57)40(45,46)47)25-14-26(25)39(34,43)44/h3-5,10-11,13,15,25-27,48H,6-9,12,14,16-18H2,1-2H3,(H,49,58)(H,53,54)/t25-,26+,27-/m0/s1. The minimum Gasteiger partial charge on any atom is -0.347 e. The monoisotopic (exact) mass is 902 g/mol. The number of aromatic nitrogens is 6. The van der Waals surface area contributed by atoms with Crippen LogP contribution >= 0.6 is 11.3 Å². The highest BCUT2D eigenvalue weighted by Crippen LogP contribution is 2.68. The third-order valence-electron chi connectivity index (χ3n) is 12.3. The average molecular weight is 903 g/mol. The number of nitrogens with zero attached hydrogens (tertiary/aromatic N) is 7. The minimum absolute atomic E-state index is 0.0339. The van der Waals surface area contributed by atoms with Crippen LogP contribution in [0.2, 0.25) is 0 Å². The second-order valence-corrected chi connectivity index (χ2v) is 19.6. The lowest BCUT2D eigenvalue weighted by molar-refractivity contribution is -0.142. The fourth-order valence-corrected chi connectivity index (χ4v) is 11.1. The van der Waals surface area contributed by atoms with Gasteiger partial charge in [-0.15, -0.1) is 0 Å². The number of aryl methyl sites for hydroxylation is 1. The molecular weight excluding hydrogens is 866 g/mol. The van der Waals surface area contributed by atoms with Crippen molar-refractivity contribution < 1.29 is 43.9 Å². The Hall–Kier alpha value is -5.35. The SMILES string of the molecule is Cn1nc(NS(C)(=O)=O)c2cccc(-c3cc4sc(N5CC6(CCNCC6)C5)nc4nc3[C@H](Cc3cc(F)cc(F)c3)NC(=O)Cn3nc(C(F)(F)F)c4c3C(F)(F)[C@@H]3C[C@H]43)c21. The van der Waals surface area contributed by atoms with E-state index in [2.05, 4.69) is 30.5 Å². The molecule has 3 atom stereocenters. The van der Waals surface area contributed by atoms with E-state index in [9.17, 15) is 35.2 Å². The van der Waals surface area contributed by atoms with Gasteiger partial charge >= 0.3 is 6.18 Å². The second-order valence-electron chi connectivity index (χ2n) is 16.8. The molecule has 62 heavy (non-hydrogen) atoms. The Morgan fingerprint density at radius 1 is 1.03 bits per heavy atom. The van der Waals surface area contributed by atoms with Gasteiger partial charge in [-0.3, -0.25) is 18.9 Å². The normalized spacial score (nSPS) is 20.6. The summed E-state index contributed by atoms with van der Waals surface area (Å²) in [6, 6.07) is 8.30. The van der Waals surface area contributed by atoms with E-state index in [1.807, 2.05) is 0 Å². The van der Waals surface area contributed by atoms with E-state index < -0.39 is 81.0 Å². The van der Waals surface area contributed by atoms with E-state index in [1.165, 1.54) is 16.0 Å². The number of carbonyl (C=O) groups is 1. The molecule has 326 valence electrons. The molecular formula is C40H37F7N10O3S2. The van der Waals surface area contributed by atoms with Crippen LogP contribution in [-0.4, -0.2) is 76.3 Å². The van der Waals surface area contributed by atoms with E-state index >= 15 is 8.78 Å². The summed E-state index contributed by atoms with van der Waals surface area (Å²) < 4.78 is 133. The summed E-state index contributed by atoms with van der Waals surface area (Å²) in [7, 11) is -2.17. The number of carbonyl (C=O) groups excluding carboxylic acids is 1. The highest BCUT2D eigenvalue weighted by Gasteiger charge is 2.68. The molecule has 4 aliphatic rings. The molecule has 10 rings (SSSR count). The zero-order valence-corrected chi connectivity index (χ0v) is 34.6. The van der Waals surface area contributed by atoms with Gasteiger partial charge in [-0.25, -0.2) is 22.2 Å². The number of alkyl halides is 5. The van der Waals surface area contributed by atoms with Crippen molar-refractivity contribution >= 4 is 59.5 Å². The summed E-state index contributed by atoms with van der Waals surface area (Å²) >= 11 is 1.38. The second kappa shape index (κ2) is 14.1. The van der Waals surface area contributed by atoms with Crippen molar-refractivity contribution in [3.05, 3.63) is 82.3 Å². The predicted octanol–water partition coefficient (Wildman–Crippen LogP) is 6.61. The fourth-order valence-electron chi connectivity index (χ4n) is 9.61. The number of nitrogens with one attached hydrogen (secondary N) is 3. The maximum Gasteiger partial charge on any atom is 0.435 e. The average Bonchev–Trinajstić information content (AvgIpc) is 3.44. The van der Waals surface area contributed by atoms with Crippen LogP contribution in [0.3, 0.4) is 0 Å². The summed E-state index contributed by atoms with van der Waals surface area (Å²) in [6.45, 7) is 2.37. The van der Waals surface area contributed by atoms with Crippen LogP contribution in [0.25, 0.3) is 32.4 Å². The van der Waals surface area contributed by atoms with Crippen LogP contribution in [-0.2, 0) is 46.9 Å². The number of fused-ring (bicyclic) bond motifs is 5. The molecule has 4 aromatic heterocycles. The number of hydrogen-bond donors (Lipinski definition) is 3. The van der Waals surface area contributed by atoms with Crippen LogP contribution in [0.5, 0.6) is 0 Å². The van der Waals surface area contributed by atoms with Crippen molar-refractivity contribution in [1.82, 2.24) is 40.2 Å². The molecule has 2 aliphatic carbocycles. The Balaban J connectivity index is 1.10. The molecule has 3 N–H and O–H groups in total. The zero-order chi connectivity index (χ0) is 43.7. The maximum atomic E-state index is 15.5. The Labute approximate surface area is 352 Å². The number of pyridine rings is 1. The Kier molecular flexibility index (Phi) is 9.24. The van der Waals surface area contributed by atoms with Gasteiger partial charge in [0.1, 0.15) is 23.9 Å². The molecule has 1 amide bonds. The summed E-state index contributed by atoms with van der Waals surface area (Å²) in [5, 5.41) is 15.1.